The van der Waals surface area contributed by atoms with Gasteiger partial charge in [0.2, 0.25) is 5.91 Å². The molecule has 0 aromatic heterocycles. The third-order valence-electron chi connectivity index (χ3n) is 4.97. The van der Waals surface area contributed by atoms with E-state index in [9.17, 15) is 24.2 Å². The van der Waals surface area contributed by atoms with Gasteiger partial charge in [-0.1, -0.05) is 32.0 Å². The van der Waals surface area contributed by atoms with Crippen molar-refractivity contribution in [3.05, 3.63) is 35.6 Å². The van der Waals surface area contributed by atoms with Crippen molar-refractivity contribution in [3.63, 3.8) is 0 Å². The molecule has 1 amide bonds. The van der Waals surface area contributed by atoms with E-state index < -0.39 is 35.3 Å². The molecular weight excluding hydrogens is 339 g/mol. The molecule has 1 aliphatic rings. The molecule has 0 unspecified atom stereocenters. The lowest BCUT2D eigenvalue weighted by molar-refractivity contribution is -0.160. The fourth-order valence-electron chi connectivity index (χ4n) is 3.60. The van der Waals surface area contributed by atoms with Crippen molar-refractivity contribution in [1.82, 2.24) is 10.2 Å². The summed E-state index contributed by atoms with van der Waals surface area (Å²) in [6.45, 7) is 6.66. The highest BCUT2D eigenvalue weighted by atomic mass is 19.1. The van der Waals surface area contributed by atoms with Crippen LogP contribution in [-0.2, 0) is 15.1 Å². The van der Waals surface area contributed by atoms with E-state index in [1.165, 1.54) is 11.0 Å². The SMILES string of the molecule is CC(C)C[C@H](C(=O)N1CCNC[C@]1(C)c1ccccc1F)[C@H](O)C(=O)O. The van der Waals surface area contributed by atoms with Gasteiger partial charge in [-0.15, -0.1) is 0 Å². The fourth-order valence-corrected chi connectivity index (χ4v) is 3.60. The van der Waals surface area contributed by atoms with Crippen LogP contribution in [0.5, 0.6) is 0 Å². The number of amides is 1. The predicted octanol–water partition coefficient (Wildman–Crippen LogP) is 1.58. The van der Waals surface area contributed by atoms with Crippen molar-refractivity contribution in [3.8, 4) is 0 Å². The number of nitrogens with zero attached hydrogens (tertiary/aromatic N) is 1. The molecule has 3 N–H and O–H groups in total. The summed E-state index contributed by atoms with van der Waals surface area (Å²) in [5.41, 5.74) is -0.595. The maximum atomic E-state index is 14.4. The van der Waals surface area contributed by atoms with Gasteiger partial charge in [0, 0.05) is 25.2 Å². The van der Waals surface area contributed by atoms with Crippen LogP contribution in [-0.4, -0.2) is 52.7 Å². The number of aliphatic carboxylic acids is 1. The van der Waals surface area contributed by atoms with Gasteiger partial charge in [0.25, 0.3) is 0 Å². The van der Waals surface area contributed by atoms with Crippen LogP contribution < -0.4 is 5.32 Å². The number of carbonyl (C=O) groups excluding carboxylic acids is 1. The molecule has 0 radical (unpaired) electrons. The van der Waals surface area contributed by atoms with Gasteiger partial charge in [0.05, 0.1) is 11.5 Å². The molecule has 1 aromatic rings. The van der Waals surface area contributed by atoms with Crippen LogP contribution in [0.1, 0.15) is 32.8 Å². The minimum Gasteiger partial charge on any atom is -0.479 e. The number of aliphatic hydroxyl groups is 1. The van der Waals surface area contributed by atoms with Gasteiger partial charge in [-0.25, -0.2) is 9.18 Å². The van der Waals surface area contributed by atoms with Gasteiger partial charge < -0.3 is 20.4 Å². The zero-order valence-electron chi connectivity index (χ0n) is 15.4. The quantitative estimate of drug-likeness (QED) is 0.711. The number of piperazine rings is 1. The predicted molar refractivity (Wildman–Crippen MR) is 94.9 cm³/mol. The van der Waals surface area contributed by atoms with E-state index in [0.717, 1.165) is 0 Å². The maximum Gasteiger partial charge on any atom is 0.333 e. The first-order valence-electron chi connectivity index (χ1n) is 8.86. The Bertz CT molecular complexity index is 667. The highest BCUT2D eigenvalue weighted by Gasteiger charge is 2.45. The van der Waals surface area contributed by atoms with Crippen LogP contribution >= 0.6 is 0 Å². The van der Waals surface area contributed by atoms with Gasteiger partial charge in [0.15, 0.2) is 6.10 Å². The largest absolute Gasteiger partial charge is 0.479 e. The van der Waals surface area contributed by atoms with Gasteiger partial charge in [-0.05, 0) is 25.3 Å². The van der Waals surface area contributed by atoms with E-state index in [2.05, 4.69) is 5.32 Å². The Hall–Kier alpha value is -1.99. The van der Waals surface area contributed by atoms with E-state index in [-0.39, 0.29) is 12.3 Å². The minimum atomic E-state index is -1.79. The Balaban J connectivity index is 2.42. The van der Waals surface area contributed by atoms with Crippen LogP contribution in [0.4, 0.5) is 4.39 Å². The zero-order chi connectivity index (χ0) is 19.5. The second-order valence-corrected chi connectivity index (χ2v) is 7.44. The Morgan fingerprint density at radius 3 is 2.58 bits per heavy atom. The number of rotatable bonds is 6. The highest BCUT2D eigenvalue weighted by molar-refractivity contribution is 5.86. The average Bonchev–Trinajstić information content (AvgIpc) is 2.59. The smallest absolute Gasteiger partial charge is 0.333 e. The standard InChI is InChI=1S/C19H27FN2O4/c1-12(2)10-13(16(23)18(25)26)17(24)22-9-8-21-11-19(22,3)14-6-4-5-7-15(14)20/h4-7,12-13,16,21,23H,8-11H2,1-3H3,(H,25,26)/t13-,16-,19+/m0/s1. The van der Waals surface area contributed by atoms with E-state index in [4.69, 9.17) is 0 Å². The number of hydrogen-bond acceptors (Lipinski definition) is 4. The molecule has 3 atom stereocenters. The summed E-state index contributed by atoms with van der Waals surface area (Å²) >= 11 is 0. The fraction of sp³-hybridized carbons (Fsp3) is 0.579. The number of carbonyl (C=O) groups is 2. The van der Waals surface area contributed by atoms with Crippen LogP contribution in [0.25, 0.3) is 0 Å². The van der Waals surface area contributed by atoms with Crippen molar-refractivity contribution in [2.24, 2.45) is 11.8 Å². The van der Waals surface area contributed by atoms with E-state index in [0.29, 0.717) is 25.2 Å². The Kier molecular flexibility index (Phi) is 6.36. The first-order valence-corrected chi connectivity index (χ1v) is 8.86. The molecule has 6 nitrogen and oxygen atoms in total. The van der Waals surface area contributed by atoms with E-state index >= 15 is 0 Å². The first-order chi connectivity index (χ1) is 12.2. The van der Waals surface area contributed by atoms with E-state index in [1.54, 1.807) is 25.1 Å². The molecule has 1 aromatic carbocycles. The summed E-state index contributed by atoms with van der Waals surface area (Å²) in [4.78, 5) is 26.0. The second-order valence-electron chi connectivity index (χ2n) is 7.44. The molecule has 0 spiro atoms. The summed E-state index contributed by atoms with van der Waals surface area (Å²) in [5.74, 6) is -3.35. The van der Waals surface area contributed by atoms with Crippen molar-refractivity contribution in [2.45, 2.75) is 38.8 Å². The number of aliphatic hydroxyl groups excluding tert-OH is 1. The third-order valence-corrected chi connectivity index (χ3v) is 4.97. The lowest BCUT2D eigenvalue weighted by Crippen LogP contribution is -2.62. The normalized spacial score (nSPS) is 22.9. The monoisotopic (exact) mass is 366 g/mol. The van der Waals surface area contributed by atoms with Crippen LogP contribution in [0.2, 0.25) is 0 Å². The average molecular weight is 366 g/mol. The van der Waals surface area contributed by atoms with Crippen LogP contribution in [0, 0.1) is 17.7 Å². The summed E-state index contributed by atoms with van der Waals surface area (Å²) in [5, 5.41) is 22.5. The molecule has 0 saturated carbocycles. The Labute approximate surface area is 153 Å². The summed E-state index contributed by atoms with van der Waals surface area (Å²) in [6.07, 6.45) is -1.55. The summed E-state index contributed by atoms with van der Waals surface area (Å²) < 4.78 is 14.4. The van der Waals surface area contributed by atoms with Crippen LogP contribution in [0.3, 0.4) is 0 Å². The third kappa shape index (κ3) is 4.04. The molecule has 0 aliphatic carbocycles. The van der Waals surface area contributed by atoms with Gasteiger partial charge in [-0.3, -0.25) is 4.79 Å². The summed E-state index contributed by atoms with van der Waals surface area (Å²) in [7, 11) is 0. The first kappa shape index (κ1) is 20.3. The summed E-state index contributed by atoms with van der Waals surface area (Å²) in [6, 6.07) is 6.27. The molecule has 1 aliphatic heterocycles. The zero-order valence-corrected chi connectivity index (χ0v) is 15.4. The van der Waals surface area contributed by atoms with Crippen molar-refractivity contribution >= 4 is 11.9 Å². The molecule has 2 rings (SSSR count). The van der Waals surface area contributed by atoms with Gasteiger partial charge in [0.1, 0.15) is 5.82 Å². The Morgan fingerprint density at radius 2 is 2.00 bits per heavy atom. The van der Waals surface area contributed by atoms with Gasteiger partial charge in [-0.2, -0.15) is 0 Å². The number of benzene rings is 1. The molecule has 0 bridgehead atoms. The lowest BCUT2D eigenvalue weighted by atomic mass is 9.84. The number of nitrogens with one attached hydrogen (secondary N) is 1. The van der Waals surface area contributed by atoms with E-state index in [1.807, 2.05) is 13.8 Å². The molecule has 26 heavy (non-hydrogen) atoms. The molecule has 1 fully saturated rings. The van der Waals surface area contributed by atoms with Crippen molar-refractivity contribution in [1.29, 1.82) is 0 Å². The molecule has 1 saturated heterocycles. The molecule has 1 heterocycles. The molecular formula is C19H27FN2O4. The Morgan fingerprint density at radius 1 is 1.35 bits per heavy atom. The maximum absolute atomic E-state index is 14.4. The van der Waals surface area contributed by atoms with Crippen LogP contribution in [0.15, 0.2) is 24.3 Å². The number of carboxylic acids is 1. The number of hydrogen-bond donors (Lipinski definition) is 3. The van der Waals surface area contributed by atoms with Gasteiger partial charge >= 0.3 is 5.97 Å². The topological polar surface area (TPSA) is 89.9 Å². The lowest BCUT2D eigenvalue weighted by Gasteiger charge is -2.47. The highest BCUT2D eigenvalue weighted by Crippen LogP contribution is 2.34. The molecule has 7 heteroatoms. The van der Waals surface area contributed by atoms with Crippen molar-refractivity contribution < 1.29 is 24.2 Å². The van der Waals surface area contributed by atoms with Crippen molar-refractivity contribution in [2.75, 3.05) is 19.6 Å². The number of carboxylic acid groups (broad SMARTS) is 1. The minimum absolute atomic E-state index is 0.0283. The number of halogens is 1. The second kappa shape index (κ2) is 8.14. The molecule has 144 valence electrons.